The predicted octanol–water partition coefficient (Wildman–Crippen LogP) is 4.32. The molecule has 20 heavy (non-hydrogen) atoms. The van der Waals surface area contributed by atoms with Gasteiger partial charge in [-0.15, -0.1) is 11.3 Å². The molecule has 0 aliphatic rings. The number of hydrogen-bond donors (Lipinski definition) is 1. The Morgan fingerprint density at radius 1 is 1.15 bits per heavy atom. The zero-order valence-electron chi connectivity index (χ0n) is 10.3. The lowest BCUT2D eigenvalue weighted by molar-refractivity contribution is -0.131. The van der Waals surface area contributed by atoms with Gasteiger partial charge in [-0.3, -0.25) is 0 Å². The maximum Gasteiger partial charge on any atom is 0.328 e. The van der Waals surface area contributed by atoms with Crippen molar-refractivity contribution in [1.82, 2.24) is 0 Å². The number of carbonyl (C=O) groups is 1. The highest BCUT2D eigenvalue weighted by Gasteiger charge is 2.16. The summed E-state index contributed by atoms with van der Waals surface area (Å²) in [5, 5.41) is 8.66. The van der Waals surface area contributed by atoms with Crippen LogP contribution in [0.5, 0.6) is 0 Å². The number of aliphatic carboxylic acids is 1. The quantitative estimate of drug-likeness (QED) is 0.677. The van der Waals surface area contributed by atoms with E-state index >= 15 is 0 Å². The summed E-state index contributed by atoms with van der Waals surface area (Å²) >= 11 is 1.10. The third kappa shape index (κ3) is 2.75. The van der Waals surface area contributed by atoms with Crippen LogP contribution < -0.4 is 0 Å². The van der Waals surface area contributed by atoms with Crippen molar-refractivity contribution in [2.24, 2.45) is 0 Å². The Bertz CT molecular complexity index is 704. The van der Waals surface area contributed by atoms with Gasteiger partial charge in [0, 0.05) is 21.4 Å². The van der Waals surface area contributed by atoms with Crippen LogP contribution in [0.3, 0.4) is 0 Å². The van der Waals surface area contributed by atoms with Crippen molar-refractivity contribution in [3.8, 4) is 10.4 Å². The summed E-state index contributed by atoms with van der Waals surface area (Å²) in [6.07, 6.45) is 1.03. The summed E-state index contributed by atoms with van der Waals surface area (Å²) in [4.78, 5) is 11.6. The van der Waals surface area contributed by atoms with Crippen LogP contribution in [0.4, 0.5) is 13.2 Å². The molecule has 104 valence electrons. The van der Waals surface area contributed by atoms with Crippen molar-refractivity contribution in [2.45, 2.75) is 6.92 Å². The lowest BCUT2D eigenvalue weighted by Gasteiger charge is -2.02. The van der Waals surface area contributed by atoms with Crippen molar-refractivity contribution in [1.29, 1.82) is 0 Å². The maximum atomic E-state index is 13.7. The first-order valence-electron chi connectivity index (χ1n) is 5.55. The molecule has 0 bridgehead atoms. The van der Waals surface area contributed by atoms with E-state index in [1.54, 1.807) is 13.0 Å². The number of allylic oxidation sites excluding steroid dienone is 1. The van der Waals surface area contributed by atoms with Crippen LogP contribution in [0.1, 0.15) is 11.8 Å². The molecule has 1 aromatic carbocycles. The van der Waals surface area contributed by atoms with E-state index in [0.717, 1.165) is 29.5 Å². The van der Waals surface area contributed by atoms with Crippen LogP contribution in [0, 0.1) is 17.5 Å². The van der Waals surface area contributed by atoms with E-state index in [4.69, 9.17) is 5.11 Å². The normalized spacial score (nSPS) is 11.7. The number of thiophene rings is 1. The lowest BCUT2D eigenvalue weighted by atomic mass is 10.1. The molecule has 0 saturated carbocycles. The highest BCUT2D eigenvalue weighted by atomic mass is 32.1. The first-order chi connectivity index (χ1) is 9.40. The zero-order valence-corrected chi connectivity index (χ0v) is 11.1. The van der Waals surface area contributed by atoms with Crippen LogP contribution in [0.25, 0.3) is 16.0 Å². The van der Waals surface area contributed by atoms with E-state index in [2.05, 4.69) is 0 Å². The van der Waals surface area contributed by atoms with E-state index in [9.17, 15) is 18.0 Å². The van der Waals surface area contributed by atoms with Crippen LogP contribution >= 0.6 is 11.3 Å². The van der Waals surface area contributed by atoms with Crippen LogP contribution in [-0.2, 0) is 4.79 Å². The summed E-state index contributed by atoms with van der Waals surface area (Å²) in [6.45, 7) is 1.60. The van der Waals surface area contributed by atoms with Gasteiger partial charge in [0.1, 0.15) is 0 Å². The third-order valence-corrected chi connectivity index (χ3v) is 3.89. The van der Waals surface area contributed by atoms with E-state index in [-0.39, 0.29) is 5.56 Å². The van der Waals surface area contributed by atoms with E-state index in [0.29, 0.717) is 15.3 Å². The van der Waals surface area contributed by atoms with Gasteiger partial charge in [-0.1, -0.05) is 0 Å². The number of carboxylic acids is 1. The Kier molecular flexibility index (Phi) is 3.94. The monoisotopic (exact) mass is 298 g/mol. The molecule has 0 radical (unpaired) electrons. The van der Waals surface area contributed by atoms with E-state index < -0.39 is 23.4 Å². The molecule has 1 N–H and O–H groups in total. The lowest BCUT2D eigenvalue weighted by Crippen LogP contribution is -1.92. The highest BCUT2D eigenvalue weighted by molar-refractivity contribution is 7.16. The van der Waals surface area contributed by atoms with Crippen molar-refractivity contribution >= 4 is 22.9 Å². The molecule has 0 aliphatic carbocycles. The van der Waals surface area contributed by atoms with Gasteiger partial charge in [-0.05, 0) is 36.8 Å². The van der Waals surface area contributed by atoms with Crippen molar-refractivity contribution in [3.05, 3.63) is 52.7 Å². The molecule has 0 unspecified atom stereocenters. The first kappa shape index (κ1) is 14.3. The van der Waals surface area contributed by atoms with E-state index in [1.165, 1.54) is 6.07 Å². The predicted molar refractivity (Wildman–Crippen MR) is 70.9 cm³/mol. The van der Waals surface area contributed by atoms with Gasteiger partial charge >= 0.3 is 5.97 Å². The van der Waals surface area contributed by atoms with Gasteiger partial charge in [0.2, 0.25) is 0 Å². The smallest absolute Gasteiger partial charge is 0.328 e. The Balaban J connectivity index is 2.44. The molecular formula is C14H9F3O2S. The summed E-state index contributed by atoms with van der Waals surface area (Å²) in [6, 6.07) is 5.15. The molecule has 0 spiro atoms. The van der Waals surface area contributed by atoms with Crippen molar-refractivity contribution in [3.63, 3.8) is 0 Å². The minimum atomic E-state index is -1.52. The second-order valence-corrected chi connectivity index (χ2v) is 5.14. The Morgan fingerprint density at radius 3 is 2.50 bits per heavy atom. The molecule has 6 heteroatoms. The molecule has 0 amide bonds. The second kappa shape index (κ2) is 5.50. The number of halogens is 3. The van der Waals surface area contributed by atoms with Gasteiger partial charge in [0.25, 0.3) is 0 Å². The SMILES string of the molecule is C/C(=C\C(=O)O)c1ccc(-c2ccc(F)c(F)c2F)s1. The number of rotatable bonds is 3. The Morgan fingerprint density at radius 2 is 1.85 bits per heavy atom. The minimum absolute atomic E-state index is 0.0525. The topological polar surface area (TPSA) is 37.3 Å². The van der Waals surface area contributed by atoms with Gasteiger partial charge in [0.05, 0.1) is 0 Å². The fourth-order valence-electron chi connectivity index (χ4n) is 1.67. The van der Waals surface area contributed by atoms with Gasteiger partial charge in [0.15, 0.2) is 17.5 Å². The maximum absolute atomic E-state index is 13.7. The first-order valence-corrected chi connectivity index (χ1v) is 6.37. The molecule has 2 rings (SSSR count). The molecule has 1 heterocycles. The largest absolute Gasteiger partial charge is 0.478 e. The molecule has 2 nitrogen and oxygen atoms in total. The molecule has 1 aromatic heterocycles. The Hall–Kier alpha value is -2.08. The highest BCUT2D eigenvalue weighted by Crippen LogP contribution is 2.34. The summed E-state index contributed by atoms with van der Waals surface area (Å²) in [7, 11) is 0. The average Bonchev–Trinajstić information content (AvgIpc) is 2.85. The van der Waals surface area contributed by atoms with Gasteiger partial charge in [-0.25, -0.2) is 18.0 Å². The van der Waals surface area contributed by atoms with Crippen LogP contribution in [-0.4, -0.2) is 11.1 Å². The second-order valence-electron chi connectivity index (χ2n) is 4.05. The van der Waals surface area contributed by atoms with Crippen LogP contribution in [0.15, 0.2) is 30.3 Å². The van der Waals surface area contributed by atoms with Crippen LogP contribution in [0.2, 0.25) is 0 Å². The number of carboxylic acid groups (broad SMARTS) is 1. The zero-order chi connectivity index (χ0) is 14.9. The van der Waals surface area contributed by atoms with E-state index in [1.807, 2.05) is 0 Å². The summed E-state index contributed by atoms with van der Waals surface area (Å²) in [5.41, 5.74) is 0.444. The Labute approximate surface area is 116 Å². The van der Waals surface area contributed by atoms with Gasteiger partial charge < -0.3 is 5.11 Å². The molecule has 0 atom stereocenters. The summed E-state index contributed by atoms with van der Waals surface area (Å²) < 4.78 is 39.7. The molecule has 2 aromatic rings. The molecule has 0 fully saturated rings. The fraction of sp³-hybridized carbons (Fsp3) is 0.0714. The van der Waals surface area contributed by atoms with Crippen molar-refractivity contribution in [2.75, 3.05) is 0 Å². The minimum Gasteiger partial charge on any atom is -0.478 e. The standard InChI is InChI=1S/C14H9F3O2S/c1-7(6-12(18)19)10-4-5-11(20-10)8-2-3-9(15)14(17)13(8)16/h2-6H,1H3,(H,18,19)/b7-6+. The fourth-order valence-corrected chi connectivity index (χ4v) is 2.66. The third-order valence-electron chi connectivity index (χ3n) is 2.64. The summed E-state index contributed by atoms with van der Waals surface area (Å²) in [5.74, 6) is -5.10. The molecular weight excluding hydrogens is 289 g/mol. The molecule has 0 saturated heterocycles. The van der Waals surface area contributed by atoms with Crippen molar-refractivity contribution < 1.29 is 23.1 Å². The van der Waals surface area contributed by atoms with Gasteiger partial charge in [-0.2, -0.15) is 0 Å². The number of hydrogen-bond acceptors (Lipinski definition) is 2. The molecule has 0 aliphatic heterocycles. The number of benzene rings is 1. The average molecular weight is 298 g/mol.